The van der Waals surface area contributed by atoms with E-state index in [9.17, 15) is 19.5 Å². The van der Waals surface area contributed by atoms with Gasteiger partial charge in [0.15, 0.2) is 0 Å². The van der Waals surface area contributed by atoms with E-state index in [1.54, 1.807) is 52.8 Å². The molecule has 8 nitrogen and oxygen atoms in total. The van der Waals surface area contributed by atoms with E-state index in [1.165, 1.54) is 11.0 Å². The molecule has 0 heterocycles. The van der Waals surface area contributed by atoms with Crippen LogP contribution >= 0.6 is 0 Å². The highest BCUT2D eigenvalue weighted by Gasteiger charge is 2.39. The Kier molecular flexibility index (Phi) is 9.54. The molecule has 180 valence electrons. The van der Waals surface area contributed by atoms with Crippen molar-refractivity contribution in [1.82, 2.24) is 15.5 Å². The first-order valence-corrected chi connectivity index (χ1v) is 11.1. The predicted octanol–water partition coefficient (Wildman–Crippen LogP) is 3.74. The first-order valence-electron chi connectivity index (χ1n) is 11.1. The van der Waals surface area contributed by atoms with Gasteiger partial charge in [-0.05, 0) is 60.5 Å². The number of rotatable bonds is 8. The highest BCUT2D eigenvalue weighted by atomic mass is 16.6. The minimum atomic E-state index is -1.08. The summed E-state index contributed by atoms with van der Waals surface area (Å²) < 4.78 is 5.33. The van der Waals surface area contributed by atoms with Crippen LogP contribution in [-0.4, -0.2) is 51.6 Å². The highest BCUT2D eigenvalue weighted by Crippen LogP contribution is 2.31. The molecule has 0 aliphatic rings. The fourth-order valence-electron chi connectivity index (χ4n) is 3.29. The van der Waals surface area contributed by atoms with Crippen molar-refractivity contribution in [3.8, 4) is 5.75 Å². The lowest BCUT2D eigenvalue weighted by Crippen LogP contribution is -2.57. The maximum Gasteiger partial charge on any atom is 0.408 e. The summed E-state index contributed by atoms with van der Waals surface area (Å²) in [6.45, 7) is 16.1. The van der Waals surface area contributed by atoms with Crippen molar-refractivity contribution in [2.75, 3.05) is 0 Å². The summed E-state index contributed by atoms with van der Waals surface area (Å²) in [6.07, 6.45) is -0.709. The molecule has 0 radical (unpaired) electrons. The zero-order valence-corrected chi connectivity index (χ0v) is 20.7. The van der Waals surface area contributed by atoms with Gasteiger partial charge in [-0.3, -0.25) is 9.59 Å². The minimum Gasteiger partial charge on any atom is -0.508 e. The number of aromatic hydroxyl groups is 1. The molecule has 0 fully saturated rings. The number of phenols is 1. The molecule has 0 saturated carbocycles. The minimum absolute atomic E-state index is 0.0870. The van der Waals surface area contributed by atoms with Gasteiger partial charge in [-0.25, -0.2) is 4.79 Å². The molecule has 0 spiro atoms. The number of nitrogens with one attached hydrogen (secondary N) is 2. The quantitative estimate of drug-likeness (QED) is 0.560. The molecule has 3 N–H and O–H groups in total. The number of phenolic OH excluding ortho intramolecular Hbond substituents is 1. The van der Waals surface area contributed by atoms with Gasteiger partial charge >= 0.3 is 6.09 Å². The molecule has 0 aliphatic heterocycles. The van der Waals surface area contributed by atoms with Gasteiger partial charge in [0.2, 0.25) is 11.8 Å². The number of amides is 3. The second-order valence-corrected chi connectivity index (χ2v) is 9.83. The topological polar surface area (TPSA) is 108 Å². The molecule has 0 aliphatic carbocycles. The zero-order valence-electron chi connectivity index (χ0n) is 20.7. The smallest absolute Gasteiger partial charge is 0.408 e. The first kappa shape index (κ1) is 27.3. The van der Waals surface area contributed by atoms with Gasteiger partial charge < -0.3 is 25.4 Å². The molecule has 8 heteroatoms. The maximum absolute atomic E-state index is 13.7. The van der Waals surface area contributed by atoms with Crippen molar-refractivity contribution in [3.63, 3.8) is 0 Å². The lowest BCUT2D eigenvalue weighted by molar-refractivity contribution is -0.145. The lowest BCUT2D eigenvalue weighted by Gasteiger charge is -2.38. The number of ether oxygens (including phenoxy) is 1. The van der Waals surface area contributed by atoms with Crippen LogP contribution in [0.2, 0.25) is 0 Å². The summed E-state index contributed by atoms with van der Waals surface area (Å²) in [4.78, 5) is 40.8. The van der Waals surface area contributed by atoms with Gasteiger partial charge in [-0.2, -0.15) is 0 Å². The second-order valence-electron chi connectivity index (χ2n) is 9.83. The Morgan fingerprint density at radius 2 is 1.53 bits per heavy atom. The van der Waals surface area contributed by atoms with E-state index in [1.807, 2.05) is 27.7 Å². The number of benzene rings is 1. The lowest BCUT2D eigenvalue weighted by atomic mass is 9.97. The van der Waals surface area contributed by atoms with E-state index in [4.69, 9.17) is 4.74 Å². The molecule has 0 saturated heterocycles. The molecule has 2 atom stereocenters. The Labute approximate surface area is 191 Å². The highest BCUT2D eigenvalue weighted by molar-refractivity contribution is 5.93. The van der Waals surface area contributed by atoms with E-state index in [0.717, 1.165) is 0 Å². The molecule has 1 aromatic carbocycles. The summed E-state index contributed by atoms with van der Waals surface area (Å²) in [6, 6.07) is 3.89. The van der Waals surface area contributed by atoms with Crippen molar-refractivity contribution in [3.05, 3.63) is 29.8 Å². The van der Waals surface area contributed by atoms with Crippen LogP contribution in [0, 0.1) is 5.92 Å². The second kappa shape index (κ2) is 11.2. The predicted molar refractivity (Wildman–Crippen MR) is 124 cm³/mol. The summed E-state index contributed by atoms with van der Waals surface area (Å²) in [5, 5.41) is 16.0. The van der Waals surface area contributed by atoms with Gasteiger partial charge in [0, 0.05) is 17.6 Å². The van der Waals surface area contributed by atoms with E-state index < -0.39 is 41.6 Å². The SMILES string of the molecule is CC(C)NC(=O)C(c1ccccc1O)N(C(=O)C(NC(=O)OC(C)(C)C)C(C)C)C(C)C. The van der Waals surface area contributed by atoms with Gasteiger partial charge in [-0.1, -0.05) is 32.0 Å². The molecular weight excluding hydrogens is 410 g/mol. The fourth-order valence-corrected chi connectivity index (χ4v) is 3.29. The van der Waals surface area contributed by atoms with Gasteiger partial charge in [0.25, 0.3) is 0 Å². The molecule has 1 aromatic rings. The Bertz CT molecular complexity index is 799. The Morgan fingerprint density at radius 3 is 1.97 bits per heavy atom. The molecule has 2 unspecified atom stereocenters. The van der Waals surface area contributed by atoms with E-state index >= 15 is 0 Å². The van der Waals surface area contributed by atoms with Crippen LogP contribution in [0.1, 0.15) is 73.9 Å². The third-order valence-corrected chi connectivity index (χ3v) is 4.60. The standard InChI is InChI=1S/C24H39N3O5/c1-14(2)19(26-23(31)32-24(7,8)9)22(30)27(16(5)6)20(21(29)25-15(3)4)17-12-10-11-13-18(17)28/h10-16,19-20,28H,1-9H3,(H,25,29)(H,26,31). The molecule has 0 aromatic heterocycles. The van der Waals surface area contributed by atoms with Crippen molar-refractivity contribution in [1.29, 1.82) is 0 Å². The van der Waals surface area contributed by atoms with E-state index in [-0.39, 0.29) is 17.7 Å². The molecule has 1 rings (SSSR count). The van der Waals surface area contributed by atoms with Crippen LogP contribution in [0.4, 0.5) is 4.79 Å². The maximum atomic E-state index is 13.7. The monoisotopic (exact) mass is 449 g/mol. The summed E-state index contributed by atoms with van der Waals surface area (Å²) in [7, 11) is 0. The van der Waals surface area contributed by atoms with E-state index in [2.05, 4.69) is 10.6 Å². The van der Waals surface area contributed by atoms with Crippen LogP contribution in [0.25, 0.3) is 0 Å². The molecule has 3 amide bonds. The summed E-state index contributed by atoms with van der Waals surface area (Å²) in [5.74, 6) is -1.21. The van der Waals surface area contributed by atoms with Crippen LogP contribution in [-0.2, 0) is 14.3 Å². The number of para-hydroxylation sites is 1. The molecule has 0 bridgehead atoms. The van der Waals surface area contributed by atoms with Crippen LogP contribution in [0.3, 0.4) is 0 Å². The third kappa shape index (κ3) is 7.73. The normalized spacial score (nSPS) is 13.6. The number of alkyl carbamates (subject to hydrolysis) is 1. The Hall–Kier alpha value is -2.77. The van der Waals surface area contributed by atoms with Gasteiger partial charge in [0.05, 0.1) is 0 Å². The number of carbonyl (C=O) groups is 3. The Balaban J connectivity index is 3.44. The van der Waals surface area contributed by atoms with Gasteiger partial charge in [-0.15, -0.1) is 0 Å². The number of hydrogen-bond donors (Lipinski definition) is 3. The number of nitrogens with zero attached hydrogens (tertiary/aromatic N) is 1. The van der Waals surface area contributed by atoms with Crippen LogP contribution in [0.5, 0.6) is 5.75 Å². The Morgan fingerprint density at radius 1 is 0.969 bits per heavy atom. The average molecular weight is 450 g/mol. The van der Waals surface area contributed by atoms with Crippen molar-refractivity contribution in [2.45, 2.75) is 92.1 Å². The fraction of sp³-hybridized carbons (Fsp3) is 0.625. The van der Waals surface area contributed by atoms with Gasteiger partial charge in [0.1, 0.15) is 23.4 Å². The third-order valence-electron chi connectivity index (χ3n) is 4.60. The van der Waals surface area contributed by atoms with Crippen molar-refractivity contribution in [2.24, 2.45) is 5.92 Å². The van der Waals surface area contributed by atoms with Crippen LogP contribution in [0.15, 0.2) is 24.3 Å². The number of hydrogen-bond acceptors (Lipinski definition) is 5. The summed E-state index contributed by atoms with van der Waals surface area (Å²) >= 11 is 0. The van der Waals surface area contributed by atoms with Crippen molar-refractivity contribution < 1.29 is 24.2 Å². The zero-order chi connectivity index (χ0) is 24.8. The summed E-state index contributed by atoms with van der Waals surface area (Å²) in [5.41, 5.74) is -0.408. The molecule has 32 heavy (non-hydrogen) atoms. The first-order chi connectivity index (χ1) is 14.7. The number of carbonyl (C=O) groups excluding carboxylic acids is 3. The molecular formula is C24H39N3O5. The largest absolute Gasteiger partial charge is 0.508 e. The van der Waals surface area contributed by atoms with Crippen LogP contribution < -0.4 is 10.6 Å². The average Bonchev–Trinajstić information content (AvgIpc) is 2.61. The van der Waals surface area contributed by atoms with E-state index in [0.29, 0.717) is 5.56 Å². The van der Waals surface area contributed by atoms with Crippen molar-refractivity contribution >= 4 is 17.9 Å².